The maximum atomic E-state index is 11.2. The van der Waals surface area contributed by atoms with Crippen LogP contribution in [0.2, 0.25) is 0 Å². The Morgan fingerprint density at radius 2 is 0.608 bits per heavy atom. The van der Waals surface area contributed by atoms with Gasteiger partial charge in [0.1, 0.15) is 128 Å². The normalized spacial score (nSPS) is 49.8. The minimum absolute atomic E-state index is 0.0818. The van der Waals surface area contributed by atoms with E-state index in [1.807, 2.05) is 30.3 Å². The summed E-state index contributed by atoms with van der Waals surface area (Å²) in [5.74, 6) is -0.491. The fourth-order valence-corrected chi connectivity index (χ4v) is 18.9. The van der Waals surface area contributed by atoms with Gasteiger partial charge in [0.05, 0.1) is 130 Å². The fraction of sp³-hybridized carbons (Fsp3) is 0.923. The lowest BCUT2D eigenvalue weighted by atomic mass is 9.79. The fourth-order valence-electron chi connectivity index (χ4n) is 18.9. The van der Waals surface area contributed by atoms with Crippen LogP contribution in [0.15, 0.2) is 30.3 Å². The number of hydrogen-bond acceptors (Lipinski definition) is 52. The summed E-state index contributed by atoms with van der Waals surface area (Å²) < 4.78 is 101. The van der Waals surface area contributed by atoms with Gasteiger partial charge in [-0.25, -0.2) is 0 Å². The highest BCUT2D eigenvalue weighted by Gasteiger charge is 2.59. The lowest BCUT2D eigenvalue weighted by Crippen LogP contribution is -2.65. The first-order chi connectivity index (χ1) is 61.8. The van der Waals surface area contributed by atoms with Crippen molar-refractivity contribution in [3.63, 3.8) is 0 Å². The average molecular weight is 1880 g/mol. The molecule has 4 saturated carbocycles. The van der Waals surface area contributed by atoms with E-state index in [4.69, 9.17) is 189 Å². The van der Waals surface area contributed by atoms with Crippen molar-refractivity contribution in [3.8, 4) is 0 Å². The van der Waals surface area contributed by atoms with Gasteiger partial charge in [-0.05, 0) is 76.3 Å². The number of aliphatic hydroxyl groups excluding tert-OH is 16. The molecule has 54 N–H and O–H groups in total. The first kappa shape index (κ1) is 108. The van der Waals surface area contributed by atoms with E-state index in [-0.39, 0.29) is 64.6 Å². The second-order valence-electron chi connectivity index (χ2n) is 36.3. The molecule has 0 radical (unpaired) electrons. The molecular weight excluding hydrogens is 1730 g/mol. The lowest BCUT2D eigenvalue weighted by Gasteiger charge is -2.46. The van der Waals surface area contributed by atoms with Gasteiger partial charge in [0.2, 0.25) is 0 Å². The molecule has 12 aliphatic rings. The van der Waals surface area contributed by atoms with Gasteiger partial charge in [-0.15, -0.1) is 0 Å². The van der Waals surface area contributed by atoms with Crippen molar-refractivity contribution < 1.29 is 162 Å². The number of rotatable bonds is 30. The molecule has 130 heavy (non-hydrogen) atoms. The van der Waals surface area contributed by atoms with Crippen LogP contribution in [0.5, 0.6) is 0 Å². The number of aliphatic hydroxyl groups is 16. The van der Waals surface area contributed by atoms with Crippen LogP contribution in [0.25, 0.3) is 0 Å². The topological polar surface area (TPSA) is 975 Å². The number of ether oxygens (including phenoxy) is 17. The van der Waals surface area contributed by atoms with E-state index in [0.717, 1.165) is 5.56 Å². The number of hydrogen-bond donors (Lipinski definition) is 35. The molecule has 4 aliphatic carbocycles. The molecule has 0 spiro atoms. The van der Waals surface area contributed by atoms with E-state index >= 15 is 0 Å². The highest BCUT2D eigenvalue weighted by molar-refractivity contribution is 5.20. The average Bonchev–Trinajstić information content (AvgIpc) is 1.09. The van der Waals surface area contributed by atoms with Gasteiger partial charge in [0, 0.05) is 67.8 Å². The molecule has 52 nitrogen and oxygen atoms in total. The molecule has 8 heterocycles. The molecule has 1 aromatic rings. The molecule has 3 unspecified atom stereocenters. The lowest BCUT2D eigenvalue weighted by molar-refractivity contribution is -0.290. The zero-order chi connectivity index (χ0) is 95.0. The molecule has 12 fully saturated rings. The second kappa shape index (κ2) is 48.3. The standard InChI is InChI=1S/C29H50N6O11.C25H51N7O10.C24H48N6O12/c30-9-16-21(38)22(39)19(35)28(42-16)45-25-17(10-36)43-29(23(25)40)46-26-20(37)13(32)8-14(33)24(26)44-27-12(31)6-7-15(41-27)18(34)11-4-2-1-3-5-11;26-5-8-3-14(16(32)19(36)17(8)34)38-22-15(7-33)40-25(20(22)37)42-23-18(35)10(29)4-11(30)21(23)41-24-9(28)1-2-13(39-24)12(31)6-27;25-4-12-16(34)17(35)14(30)23(38-12)41-20-13(6-32)39-24(18(20)36)42-21-15(33)8(27)3-9(28)19(21)40-22-7(26)1-2-11(37-22)10(29)5-31/h1-5,12-29,36-40H,6-10,30-35H2;8-25,33-37H,1-7,26-32H2;7-24,31-36H,1-6,25-30H2/t12-,13-,14+,15+,16+,17-,18+,19-,20+,21-,22-,23-,24-,25-,26-,27-,28?,29+;8-,9+,10+,11-,12-,13-,14?,15+,16-,17+,18-,19+,20+,21+,22+,23+,24+,25-;7-,8-,9+,10+,11+,12+,13-,14-,15+,16-,17-,18-,19-,20-,21-,22-,23?,24+/m101/s1. The van der Waals surface area contributed by atoms with Crippen LogP contribution in [-0.2, 0) is 80.5 Å². The minimum atomic E-state index is -1.55. The molecule has 754 valence electrons. The maximum absolute atomic E-state index is 11.2. The van der Waals surface area contributed by atoms with Crippen molar-refractivity contribution in [1.82, 2.24) is 0 Å². The van der Waals surface area contributed by atoms with Crippen LogP contribution in [0.3, 0.4) is 0 Å². The highest BCUT2D eigenvalue weighted by Crippen LogP contribution is 2.41. The summed E-state index contributed by atoms with van der Waals surface area (Å²) in [5, 5.41) is 168. The third-order valence-corrected chi connectivity index (χ3v) is 27.1. The van der Waals surface area contributed by atoms with E-state index in [2.05, 4.69) is 0 Å². The van der Waals surface area contributed by atoms with E-state index in [1.165, 1.54) is 0 Å². The molecule has 52 heteroatoms. The molecular formula is C78H149N19O33. The Kier molecular flexibility index (Phi) is 40.0. The summed E-state index contributed by atoms with van der Waals surface area (Å²) in [4.78, 5) is 0. The first-order valence-corrected chi connectivity index (χ1v) is 44.7. The van der Waals surface area contributed by atoms with E-state index < -0.39 is 344 Å². The summed E-state index contributed by atoms with van der Waals surface area (Å²) in [7, 11) is 0. The summed E-state index contributed by atoms with van der Waals surface area (Å²) in [6.45, 7) is -2.06. The van der Waals surface area contributed by atoms with Crippen LogP contribution < -0.4 is 109 Å². The Balaban J connectivity index is 0.000000189. The molecule has 54 atom stereocenters. The SMILES string of the molecule is NC[C@@H]1CC(O[C@H]2[C@@H](O)[C@H](O[C@@H]3[C@@H](O)[C@H](N)C[C@H](N)[C@H]3O[C@H]3O[C@H]([C@@H](N)CN)CC[C@H]3N)O[C@@H]2CO)[C@H](N)[C@@H](O)[C@@H]1O.NC[C@@H]1OC(O[C@H]2[C@@H](O)[C@H](O[C@@H]3[C@@H](O)[C@H](N)C[C@H](N)[C@H]3O[C@H]3O[C@H]([C@@H](N)CO)CC[C@H]3N)O[C@@H]2CO)[C@H](N)[C@@H](O)[C@@H]1O.NC[C@@H]1OC(O[C@H]2[C@@H](O)[C@H](O[C@@H]3[C@@H](O)[C@H](N)C[C@H](N)[C@H]3O[C@H]3O[C@H]([C@@H](N)c4ccccc4)CC[C@H]3N)O[C@@H]2CO)[C@H](N)[C@@H](O)[C@@H]1O. The van der Waals surface area contributed by atoms with Gasteiger partial charge in [0.25, 0.3) is 0 Å². The summed E-state index contributed by atoms with van der Waals surface area (Å²) >= 11 is 0. The molecule has 0 bridgehead atoms. The van der Waals surface area contributed by atoms with Gasteiger partial charge in [-0.2, -0.15) is 0 Å². The van der Waals surface area contributed by atoms with Crippen LogP contribution >= 0.6 is 0 Å². The quantitative estimate of drug-likeness (QED) is 0.0340. The summed E-state index contributed by atoms with van der Waals surface area (Å²) in [6, 6.07) is -1.59. The van der Waals surface area contributed by atoms with Crippen molar-refractivity contribution in [3.05, 3.63) is 35.9 Å². The van der Waals surface area contributed by atoms with Crippen LogP contribution in [-0.4, -0.2) is 452 Å². The summed E-state index contributed by atoms with van der Waals surface area (Å²) in [6.07, 6.45) is -39.9. The number of nitrogens with two attached hydrogens (primary N) is 19. The van der Waals surface area contributed by atoms with Gasteiger partial charge in [0.15, 0.2) is 50.3 Å². The second-order valence-corrected chi connectivity index (χ2v) is 36.3. The molecule has 1 aromatic carbocycles. The minimum Gasteiger partial charge on any atom is -0.395 e. The van der Waals surface area contributed by atoms with Crippen LogP contribution in [0, 0.1) is 5.92 Å². The molecule has 8 saturated heterocycles. The molecule has 0 amide bonds. The smallest absolute Gasteiger partial charge is 0.187 e. The van der Waals surface area contributed by atoms with Crippen molar-refractivity contribution in [1.29, 1.82) is 0 Å². The zero-order valence-corrected chi connectivity index (χ0v) is 72.4. The predicted octanol–water partition coefficient (Wildman–Crippen LogP) is -19.4. The summed E-state index contributed by atoms with van der Waals surface area (Å²) in [5.41, 5.74) is 117. The Bertz CT molecular complexity index is 3350. The Morgan fingerprint density at radius 1 is 0.285 bits per heavy atom. The van der Waals surface area contributed by atoms with Gasteiger partial charge < -0.3 is 271 Å². The highest BCUT2D eigenvalue weighted by atomic mass is 16.8. The van der Waals surface area contributed by atoms with E-state index in [1.54, 1.807) is 0 Å². The van der Waals surface area contributed by atoms with Crippen molar-refractivity contribution in [2.24, 2.45) is 115 Å². The maximum Gasteiger partial charge on any atom is 0.187 e. The van der Waals surface area contributed by atoms with Crippen LogP contribution in [0.4, 0.5) is 0 Å². The van der Waals surface area contributed by atoms with Gasteiger partial charge in [-0.3, -0.25) is 0 Å². The Hall–Kier alpha value is -2.86. The Labute approximate surface area is 751 Å². The molecule has 13 rings (SSSR count). The monoisotopic (exact) mass is 1880 g/mol. The largest absolute Gasteiger partial charge is 0.395 e. The van der Waals surface area contributed by atoms with Crippen molar-refractivity contribution >= 4 is 0 Å². The van der Waals surface area contributed by atoms with Crippen molar-refractivity contribution in [2.75, 3.05) is 52.6 Å². The van der Waals surface area contributed by atoms with E-state index in [9.17, 15) is 81.7 Å². The third-order valence-electron chi connectivity index (χ3n) is 27.1. The van der Waals surface area contributed by atoms with Gasteiger partial charge >= 0.3 is 0 Å². The Morgan fingerprint density at radius 3 is 0.954 bits per heavy atom. The number of benzene rings is 1. The first-order valence-electron chi connectivity index (χ1n) is 44.7. The van der Waals surface area contributed by atoms with Crippen LogP contribution in [0.1, 0.15) is 75.8 Å². The predicted molar refractivity (Wildman–Crippen MR) is 448 cm³/mol. The van der Waals surface area contributed by atoms with E-state index in [0.29, 0.717) is 38.5 Å². The molecule has 0 aromatic heterocycles. The van der Waals surface area contributed by atoms with Crippen molar-refractivity contribution in [2.45, 2.75) is 388 Å². The zero-order valence-electron chi connectivity index (χ0n) is 72.4. The van der Waals surface area contributed by atoms with Gasteiger partial charge in [-0.1, -0.05) is 30.3 Å². The molecule has 8 aliphatic heterocycles. The third kappa shape index (κ3) is 24.6.